The Kier molecular flexibility index (Phi) is 11.0. The lowest BCUT2D eigenvalue weighted by Gasteiger charge is -2.35. The molecule has 0 aromatic carbocycles. The Bertz CT molecular complexity index is 597. The van der Waals surface area contributed by atoms with Gasteiger partial charge in [-0.15, -0.1) is 0 Å². The van der Waals surface area contributed by atoms with E-state index in [0.717, 1.165) is 50.7 Å². The molecule has 2 rings (SSSR count). The van der Waals surface area contributed by atoms with Crippen molar-refractivity contribution in [2.24, 2.45) is 5.92 Å². The van der Waals surface area contributed by atoms with Crippen LogP contribution in [0.15, 0.2) is 11.6 Å². The molecule has 2 aliphatic heterocycles. The van der Waals surface area contributed by atoms with Crippen LogP contribution in [0.3, 0.4) is 0 Å². The normalized spacial score (nSPS) is 29.2. The SMILES string of the molecule is CC(=O)OCC=C1CC[C@@H](OC(C)=O)C(C)(CCCC(C)COC2CCCCO2)OC1. The molecule has 31 heavy (non-hydrogen) atoms. The highest BCUT2D eigenvalue weighted by Gasteiger charge is 2.39. The van der Waals surface area contributed by atoms with Crippen LogP contribution in [0.5, 0.6) is 0 Å². The first kappa shape index (κ1) is 25.8. The van der Waals surface area contributed by atoms with Crippen molar-refractivity contribution >= 4 is 11.9 Å². The van der Waals surface area contributed by atoms with Gasteiger partial charge in [0.05, 0.1) is 13.2 Å². The van der Waals surface area contributed by atoms with Gasteiger partial charge >= 0.3 is 11.9 Å². The standard InChI is InChI=1S/C24H40O7/c1-18(16-29-23-9-5-6-14-28-23)8-7-13-24(4)22(31-20(3)26)11-10-21(17-30-24)12-15-27-19(2)25/h12,18,22-23H,5-11,13-17H2,1-4H3/t18?,22-,23?,24?/m1/s1. The second-order valence-corrected chi connectivity index (χ2v) is 9.03. The van der Waals surface area contributed by atoms with E-state index in [1.54, 1.807) is 0 Å². The summed E-state index contributed by atoms with van der Waals surface area (Å²) in [7, 11) is 0. The highest BCUT2D eigenvalue weighted by Crippen LogP contribution is 2.34. The molecule has 0 bridgehead atoms. The second-order valence-electron chi connectivity index (χ2n) is 9.03. The molecular weight excluding hydrogens is 400 g/mol. The van der Waals surface area contributed by atoms with E-state index in [9.17, 15) is 9.59 Å². The molecule has 0 aromatic heterocycles. The largest absolute Gasteiger partial charge is 0.462 e. The number of ether oxygens (including phenoxy) is 5. The monoisotopic (exact) mass is 440 g/mol. The first-order valence-electron chi connectivity index (χ1n) is 11.6. The highest BCUT2D eigenvalue weighted by molar-refractivity contribution is 5.66. The quantitative estimate of drug-likeness (QED) is 0.369. The summed E-state index contributed by atoms with van der Waals surface area (Å²) in [4.78, 5) is 22.7. The van der Waals surface area contributed by atoms with Gasteiger partial charge in [-0.05, 0) is 69.4 Å². The average Bonchev–Trinajstić information content (AvgIpc) is 2.87. The van der Waals surface area contributed by atoms with Gasteiger partial charge in [0.1, 0.15) is 18.3 Å². The van der Waals surface area contributed by atoms with Gasteiger partial charge in [-0.3, -0.25) is 9.59 Å². The highest BCUT2D eigenvalue weighted by atomic mass is 16.7. The zero-order chi connectivity index (χ0) is 22.7. The number of carbonyl (C=O) groups is 2. The Balaban J connectivity index is 1.84. The molecule has 3 unspecified atom stereocenters. The van der Waals surface area contributed by atoms with E-state index >= 15 is 0 Å². The number of hydrogen-bond donors (Lipinski definition) is 0. The Morgan fingerprint density at radius 3 is 2.71 bits per heavy atom. The fraction of sp³-hybridized carbons (Fsp3) is 0.833. The van der Waals surface area contributed by atoms with Crippen LogP contribution in [0.25, 0.3) is 0 Å². The molecule has 0 aromatic rings. The molecule has 4 atom stereocenters. The Labute approximate surface area is 186 Å². The van der Waals surface area contributed by atoms with E-state index in [0.29, 0.717) is 25.6 Å². The minimum atomic E-state index is -0.546. The van der Waals surface area contributed by atoms with Gasteiger partial charge in [-0.25, -0.2) is 0 Å². The molecule has 2 heterocycles. The van der Waals surface area contributed by atoms with Gasteiger partial charge in [-0.2, -0.15) is 0 Å². The fourth-order valence-corrected chi connectivity index (χ4v) is 4.10. The molecule has 2 aliphatic rings. The Hall–Kier alpha value is -1.44. The van der Waals surface area contributed by atoms with Crippen LogP contribution < -0.4 is 0 Å². The van der Waals surface area contributed by atoms with E-state index in [-0.39, 0.29) is 30.9 Å². The van der Waals surface area contributed by atoms with E-state index in [2.05, 4.69) is 6.92 Å². The van der Waals surface area contributed by atoms with Crippen molar-refractivity contribution in [1.82, 2.24) is 0 Å². The number of carbonyl (C=O) groups excluding carboxylic acids is 2. The summed E-state index contributed by atoms with van der Waals surface area (Å²) < 4.78 is 28.5. The smallest absolute Gasteiger partial charge is 0.303 e. The molecule has 7 heteroatoms. The van der Waals surface area contributed by atoms with Gasteiger partial charge in [-0.1, -0.05) is 13.3 Å². The van der Waals surface area contributed by atoms with E-state index in [1.165, 1.54) is 20.3 Å². The minimum Gasteiger partial charge on any atom is -0.462 e. The third kappa shape index (κ3) is 9.71. The molecule has 0 radical (unpaired) electrons. The van der Waals surface area contributed by atoms with E-state index in [1.807, 2.05) is 13.0 Å². The first-order chi connectivity index (χ1) is 14.8. The summed E-state index contributed by atoms with van der Waals surface area (Å²) in [5.74, 6) is -0.171. The topological polar surface area (TPSA) is 80.3 Å². The van der Waals surface area contributed by atoms with Crippen LogP contribution in [-0.2, 0) is 33.3 Å². The van der Waals surface area contributed by atoms with Crippen molar-refractivity contribution in [2.45, 2.75) is 97.1 Å². The molecule has 7 nitrogen and oxygen atoms in total. The summed E-state index contributed by atoms with van der Waals surface area (Å²) in [6, 6.07) is 0. The molecule has 2 saturated heterocycles. The summed E-state index contributed by atoms with van der Waals surface area (Å²) >= 11 is 0. The van der Waals surface area contributed by atoms with Gasteiger partial charge in [0.2, 0.25) is 0 Å². The van der Waals surface area contributed by atoms with Crippen LogP contribution in [0.1, 0.15) is 79.1 Å². The maximum atomic E-state index is 11.7. The number of hydrogen-bond acceptors (Lipinski definition) is 7. The summed E-state index contributed by atoms with van der Waals surface area (Å²) in [5, 5.41) is 0. The summed E-state index contributed by atoms with van der Waals surface area (Å²) in [6.07, 6.45) is 9.02. The Morgan fingerprint density at radius 2 is 2.03 bits per heavy atom. The molecule has 0 aliphatic carbocycles. The zero-order valence-corrected chi connectivity index (χ0v) is 19.7. The third-order valence-electron chi connectivity index (χ3n) is 6.04. The summed E-state index contributed by atoms with van der Waals surface area (Å²) in [5.41, 5.74) is 0.520. The minimum absolute atomic E-state index is 0.0514. The average molecular weight is 441 g/mol. The van der Waals surface area contributed by atoms with Crippen molar-refractivity contribution in [3.05, 3.63) is 11.6 Å². The lowest BCUT2D eigenvalue weighted by Crippen LogP contribution is -2.43. The van der Waals surface area contributed by atoms with Crippen LogP contribution in [-0.4, -0.2) is 56.4 Å². The maximum absolute atomic E-state index is 11.7. The molecule has 0 saturated carbocycles. The molecule has 0 spiro atoms. The fourth-order valence-electron chi connectivity index (χ4n) is 4.10. The van der Waals surface area contributed by atoms with Gasteiger partial charge in [0.15, 0.2) is 6.29 Å². The van der Waals surface area contributed by atoms with Crippen molar-refractivity contribution in [2.75, 3.05) is 26.4 Å². The maximum Gasteiger partial charge on any atom is 0.303 e. The predicted molar refractivity (Wildman–Crippen MR) is 116 cm³/mol. The van der Waals surface area contributed by atoms with Crippen molar-refractivity contribution in [1.29, 1.82) is 0 Å². The van der Waals surface area contributed by atoms with Gasteiger partial charge in [0.25, 0.3) is 0 Å². The van der Waals surface area contributed by atoms with Crippen LogP contribution in [0.4, 0.5) is 0 Å². The third-order valence-corrected chi connectivity index (χ3v) is 6.04. The van der Waals surface area contributed by atoms with Crippen molar-refractivity contribution < 1.29 is 33.3 Å². The van der Waals surface area contributed by atoms with E-state index in [4.69, 9.17) is 23.7 Å². The summed E-state index contributed by atoms with van der Waals surface area (Å²) in [6.45, 7) is 9.24. The molecule has 2 fully saturated rings. The van der Waals surface area contributed by atoms with Gasteiger partial charge in [0, 0.05) is 20.5 Å². The molecule has 0 N–H and O–H groups in total. The lowest BCUT2D eigenvalue weighted by molar-refractivity contribution is -0.170. The number of esters is 2. The van der Waals surface area contributed by atoms with E-state index < -0.39 is 5.60 Å². The molecule has 0 amide bonds. The first-order valence-corrected chi connectivity index (χ1v) is 11.6. The Morgan fingerprint density at radius 1 is 1.23 bits per heavy atom. The van der Waals surface area contributed by atoms with Crippen LogP contribution in [0.2, 0.25) is 0 Å². The molecular formula is C24H40O7. The van der Waals surface area contributed by atoms with Crippen molar-refractivity contribution in [3.63, 3.8) is 0 Å². The zero-order valence-electron chi connectivity index (χ0n) is 19.7. The van der Waals surface area contributed by atoms with Crippen molar-refractivity contribution in [3.8, 4) is 0 Å². The lowest BCUT2D eigenvalue weighted by atomic mass is 9.88. The second kappa shape index (κ2) is 13.2. The number of rotatable bonds is 10. The van der Waals surface area contributed by atoms with Gasteiger partial charge < -0.3 is 23.7 Å². The van der Waals surface area contributed by atoms with Crippen LogP contribution >= 0.6 is 0 Å². The van der Waals surface area contributed by atoms with Crippen LogP contribution in [0, 0.1) is 5.92 Å². The molecule has 178 valence electrons. The predicted octanol–water partition coefficient (Wildman–Crippen LogP) is 4.33.